The van der Waals surface area contributed by atoms with Crippen molar-refractivity contribution in [2.24, 2.45) is 10.1 Å². The highest BCUT2D eigenvalue weighted by Crippen LogP contribution is 2.38. The van der Waals surface area contributed by atoms with Crippen molar-refractivity contribution in [2.45, 2.75) is 65.2 Å². The Bertz CT molecular complexity index is 1870. The normalized spacial score (nSPS) is 12.6. The zero-order chi connectivity index (χ0) is 33.5. The van der Waals surface area contributed by atoms with E-state index in [0.717, 1.165) is 18.4 Å². The van der Waals surface area contributed by atoms with Crippen LogP contribution in [0.5, 0.6) is 11.5 Å². The van der Waals surface area contributed by atoms with Gasteiger partial charge >= 0.3 is 5.56 Å². The van der Waals surface area contributed by atoms with Gasteiger partial charge in [-0.25, -0.2) is 0 Å². The minimum absolute atomic E-state index is 0.0143. The molecule has 2 amide bonds. The zero-order valence-electron chi connectivity index (χ0n) is 27.3. The molecule has 240 valence electrons. The van der Waals surface area contributed by atoms with E-state index in [2.05, 4.69) is 84.7 Å². The van der Waals surface area contributed by atoms with E-state index in [0.29, 0.717) is 22.9 Å². The van der Waals surface area contributed by atoms with Crippen LogP contribution in [-0.2, 0) is 15.6 Å². The Morgan fingerprint density at radius 3 is 2.26 bits per heavy atom. The molecule has 0 aliphatic heterocycles. The van der Waals surface area contributed by atoms with Gasteiger partial charge in [0.2, 0.25) is 5.49 Å². The van der Waals surface area contributed by atoms with Crippen molar-refractivity contribution in [3.05, 3.63) is 105 Å². The van der Waals surface area contributed by atoms with Crippen molar-refractivity contribution >= 4 is 23.2 Å². The molecule has 0 bridgehead atoms. The highest BCUT2D eigenvalue weighted by atomic mass is 16.5. The lowest BCUT2D eigenvalue weighted by Crippen LogP contribution is -2.35. The maximum atomic E-state index is 13.0. The van der Waals surface area contributed by atoms with E-state index in [1.165, 1.54) is 17.7 Å². The second-order valence-electron chi connectivity index (χ2n) is 12.1. The number of amides is 2. The molecule has 0 saturated carbocycles. The molecule has 1 heterocycles. The summed E-state index contributed by atoms with van der Waals surface area (Å²) in [4.78, 5) is 42.1. The number of carbonyl (C=O) groups is 2. The molecule has 11 nitrogen and oxygen atoms in total. The molecule has 1 aromatic heterocycles. The van der Waals surface area contributed by atoms with Crippen molar-refractivity contribution in [3.8, 4) is 11.5 Å². The van der Waals surface area contributed by atoms with Gasteiger partial charge in [0.15, 0.2) is 12.0 Å². The number of hydrogen-bond acceptors (Lipinski definition) is 9. The van der Waals surface area contributed by atoms with E-state index in [4.69, 9.17) is 9.47 Å². The average Bonchev–Trinajstić information content (AvgIpc) is 3.40. The first-order chi connectivity index (χ1) is 21.9. The Kier molecular flexibility index (Phi) is 10.5. The van der Waals surface area contributed by atoms with Crippen LogP contribution < -0.4 is 36.6 Å². The van der Waals surface area contributed by atoms with E-state index in [-0.39, 0.29) is 39.8 Å². The Hall–Kier alpha value is -5.19. The van der Waals surface area contributed by atoms with Crippen LogP contribution in [0.25, 0.3) is 0 Å². The number of ether oxygens (including phenoxy) is 2. The van der Waals surface area contributed by atoms with Gasteiger partial charge in [0.25, 0.3) is 11.8 Å². The molecule has 0 unspecified atom stereocenters. The number of benzene rings is 3. The Morgan fingerprint density at radius 1 is 0.870 bits per heavy atom. The van der Waals surface area contributed by atoms with Gasteiger partial charge in [-0.05, 0) is 77.8 Å². The van der Waals surface area contributed by atoms with E-state index in [1.807, 2.05) is 6.07 Å². The largest absolute Gasteiger partial charge is 0.497 e. The van der Waals surface area contributed by atoms with Gasteiger partial charge in [-0.15, -0.1) is 10.2 Å². The summed E-state index contributed by atoms with van der Waals surface area (Å²) in [5.41, 5.74) is 5.05. The van der Waals surface area contributed by atoms with E-state index in [1.54, 1.807) is 43.5 Å². The molecule has 0 aliphatic carbocycles. The lowest BCUT2D eigenvalue weighted by Gasteiger charge is -2.30. The quantitative estimate of drug-likeness (QED) is 0.214. The highest BCUT2D eigenvalue weighted by molar-refractivity contribution is 5.98. The number of nitrogens with one attached hydrogen (secondary N) is 2. The van der Waals surface area contributed by atoms with Crippen molar-refractivity contribution < 1.29 is 19.1 Å². The molecule has 0 fully saturated rings. The molecule has 3 aromatic carbocycles. The lowest BCUT2D eigenvalue weighted by atomic mass is 9.76. The summed E-state index contributed by atoms with van der Waals surface area (Å²) in [6.45, 7) is 12.9. The summed E-state index contributed by atoms with van der Waals surface area (Å²) in [6.07, 6.45) is 1.90. The van der Waals surface area contributed by atoms with Crippen LogP contribution in [0.2, 0.25) is 0 Å². The maximum Gasteiger partial charge on any atom is 0.319 e. The molecule has 11 heteroatoms. The van der Waals surface area contributed by atoms with Gasteiger partial charge in [0.1, 0.15) is 11.5 Å². The molecule has 46 heavy (non-hydrogen) atoms. The lowest BCUT2D eigenvalue weighted by molar-refractivity contribution is -0.118. The third-order valence-corrected chi connectivity index (χ3v) is 8.25. The van der Waals surface area contributed by atoms with E-state index in [9.17, 15) is 14.4 Å². The Morgan fingerprint density at radius 2 is 1.59 bits per heavy atom. The number of hydrogen-bond donors (Lipinski definition) is 2. The monoisotopic (exact) mass is 624 g/mol. The third kappa shape index (κ3) is 8.09. The number of nitrogens with zero attached hydrogens (tertiary/aromatic N) is 4. The predicted molar refractivity (Wildman–Crippen MR) is 176 cm³/mol. The zero-order valence-corrected chi connectivity index (χ0v) is 27.3. The summed E-state index contributed by atoms with van der Waals surface area (Å²) < 4.78 is 11.2. The van der Waals surface area contributed by atoms with Crippen LogP contribution in [0, 0.1) is 0 Å². The van der Waals surface area contributed by atoms with Crippen molar-refractivity contribution in [2.75, 3.05) is 24.5 Å². The average molecular weight is 625 g/mol. The summed E-state index contributed by atoms with van der Waals surface area (Å²) in [5, 5.41) is 13.8. The smallest absolute Gasteiger partial charge is 0.319 e. The first-order valence-corrected chi connectivity index (χ1v) is 15.1. The SMILES string of the molecule is CCC(C)(C)c1ccc(OCC(=O)Nc2cccc(C(=O)N=c3nnc(=O)c3=NNc3ccc(OC)cc3)c2)c(C(C)(C)CC)c1. The second-order valence-corrected chi connectivity index (χ2v) is 12.1. The predicted octanol–water partition coefficient (Wildman–Crippen LogP) is 4.78. The fourth-order valence-electron chi connectivity index (χ4n) is 4.47. The third-order valence-electron chi connectivity index (χ3n) is 8.25. The molecule has 0 saturated heterocycles. The number of carbonyl (C=O) groups excluding carboxylic acids is 2. The van der Waals surface area contributed by atoms with Crippen LogP contribution in [0.3, 0.4) is 0 Å². The molecule has 4 rings (SSSR count). The number of anilines is 2. The number of methoxy groups -OCH3 is 1. The van der Waals surface area contributed by atoms with Gasteiger partial charge in [-0.2, -0.15) is 10.1 Å². The second kappa shape index (κ2) is 14.3. The van der Waals surface area contributed by atoms with Crippen molar-refractivity contribution in [1.29, 1.82) is 0 Å². The molecule has 0 radical (unpaired) electrons. The van der Waals surface area contributed by atoms with Crippen LogP contribution in [0.1, 0.15) is 75.9 Å². The molecule has 2 N–H and O–H groups in total. The van der Waals surface area contributed by atoms with Crippen molar-refractivity contribution in [1.82, 2.24) is 10.2 Å². The van der Waals surface area contributed by atoms with Gasteiger partial charge < -0.3 is 14.8 Å². The molecule has 0 aliphatic rings. The van der Waals surface area contributed by atoms with Crippen LogP contribution in [0.4, 0.5) is 11.4 Å². The minimum Gasteiger partial charge on any atom is -0.497 e. The van der Waals surface area contributed by atoms with Gasteiger partial charge in [-0.1, -0.05) is 59.7 Å². The van der Waals surface area contributed by atoms with Gasteiger partial charge in [-0.3, -0.25) is 19.8 Å². The summed E-state index contributed by atoms with van der Waals surface area (Å²) in [6, 6.07) is 19.3. The maximum absolute atomic E-state index is 13.0. The molecular formula is C35H40N6O5. The number of rotatable bonds is 12. The van der Waals surface area contributed by atoms with E-state index < -0.39 is 11.5 Å². The first-order valence-electron chi connectivity index (χ1n) is 15.1. The van der Waals surface area contributed by atoms with Crippen LogP contribution >= 0.6 is 0 Å². The molecule has 0 atom stereocenters. The topological polar surface area (TPSA) is 144 Å². The van der Waals surface area contributed by atoms with Crippen LogP contribution in [0.15, 0.2) is 81.6 Å². The first kappa shape index (κ1) is 33.7. The standard InChI is InChI=1S/C35H40N6O5/c1-8-34(3,4)23-13-18-28(27(20-23)35(5,6)9-2)46-21-29(42)36-25-12-10-11-22(19-25)32(43)37-31-30(33(44)41-40-31)39-38-24-14-16-26(45-7)17-15-24/h10-20,38H,8-9,21H2,1-7H3,(H,36,42). The molecule has 0 spiro atoms. The summed E-state index contributed by atoms with van der Waals surface area (Å²) in [5.74, 6) is 0.250. The van der Waals surface area contributed by atoms with Crippen molar-refractivity contribution in [3.63, 3.8) is 0 Å². The fraction of sp³-hybridized carbons (Fsp3) is 0.343. The fourth-order valence-corrected chi connectivity index (χ4v) is 4.47. The number of aromatic nitrogens is 2. The summed E-state index contributed by atoms with van der Waals surface area (Å²) in [7, 11) is 1.55. The minimum atomic E-state index is -0.734. The van der Waals surface area contributed by atoms with Gasteiger partial charge in [0.05, 0.1) is 12.8 Å². The highest BCUT2D eigenvalue weighted by Gasteiger charge is 2.27. The van der Waals surface area contributed by atoms with Crippen LogP contribution in [-0.4, -0.2) is 35.7 Å². The summed E-state index contributed by atoms with van der Waals surface area (Å²) >= 11 is 0. The van der Waals surface area contributed by atoms with E-state index >= 15 is 0 Å². The Balaban J connectivity index is 1.47. The molecule has 4 aromatic rings. The Labute approximate surface area is 268 Å². The molecular weight excluding hydrogens is 584 g/mol. The van der Waals surface area contributed by atoms with Gasteiger partial charge in [0, 0.05) is 16.8 Å².